The molecule has 0 aliphatic carbocycles. The summed E-state index contributed by atoms with van der Waals surface area (Å²) < 4.78 is 179. The van der Waals surface area contributed by atoms with Gasteiger partial charge in [0.05, 0.1) is 32.5 Å². The van der Waals surface area contributed by atoms with E-state index in [9.17, 15) is 64.9 Å². The summed E-state index contributed by atoms with van der Waals surface area (Å²) in [5.41, 5.74) is 4.93. The van der Waals surface area contributed by atoms with Crippen LogP contribution in [0, 0.1) is 13.8 Å². The van der Waals surface area contributed by atoms with E-state index in [-0.39, 0.29) is 43.7 Å². The van der Waals surface area contributed by atoms with Gasteiger partial charge in [-0.2, -0.15) is 61.9 Å². The van der Waals surface area contributed by atoms with Crippen LogP contribution in [0.15, 0.2) is 138 Å². The van der Waals surface area contributed by atoms with Gasteiger partial charge < -0.3 is 0 Å². The van der Waals surface area contributed by atoms with Crippen molar-refractivity contribution in [3.63, 3.8) is 0 Å². The van der Waals surface area contributed by atoms with Crippen molar-refractivity contribution in [3.8, 4) is 11.4 Å². The second-order valence-electron chi connectivity index (χ2n) is 16.3. The quantitative estimate of drug-likeness (QED) is 0.0500. The Morgan fingerprint density at radius 3 is 1.66 bits per heavy atom. The van der Waals surface area contributed by atoms with E-state index >= 15 is 0 Å². The average Bonchev–Trinajstić information content (AvgIpc) is 4.13. The second kappa shape index (κ2) is 14.6. The zero-order chi connectivity index (χ0) is 49.9. The van der Waals surface area contributed by atoms with Crippen LogP contribution >= 0.6 is 0 Å². The summed E-state index contributed by atoms with van der Waals surface area (Å²) in [6.07, 6.45) is 2.38. The number of aryl methyl sites for hydroxylation is 2. The van der Waals surface area contributed by atoms with Crippen molar-refractivity contribution >= 4 is 118 Å². The van der Waals surface area contributed by atoms with E-state index < -0.39 is 70.2 Å². The van der Waals surface area contributed by atoms with Crippen molar-refractivity contribution in [2.24, 2.45) is 10.2 Å². The summed E-state index contributed by atoms with van der Waals surface area (Å²) in [6.45, 7) is 3.66. The molecule has 11 rings (SSSR count). The van der Waals surface area contributed by atoms with Crippen LogP contribution in [-0.2, 0) is 50.6 Å². The molecule has 0 bridgehead atoms. The monoisotopic (exact) mass is 1050 g/mol. The summed E-state index contributed by atoms with van der Waals surface area (Å²) in [5.74, 6) is 0. The van der Waals surface area contributed by atoms with Gasteiger partial charge in [0.15, 0.2) is 0 Å². The normalized spacial score (nSPS) is 13.8. The molecule has 0 saturated heterocycles. The van der Waals surface area contributed by atoms with Crippen LogP contribution in [-0.4, -0.2) is 93.0 Å². The minimum atomic E-state index is -4.98. The zero-order valence-corrected chi connectivity index (χ0v) is 39.5. The number of aromatic nitrogens is 6. The summed E-state index contributed by atoms with van der Waals surface area (Å²) in [5, 5.41) is 9.88. The second-order valence-corrected chi connectivity index (χ2v) is 23.3. The molecule has 4 heterocycles. The number of rotatable bonds is 11. The molecule has 4 aromatic heterocycles. The molecule has 0 radical (unpaired) electrons. The smallest absolute Gasteiger partial charge is 0.282 e. The van der Waals surface area contributed by atoms with Gasteiger partial charge in [-0.25, -0.2) is 0 Å². The fourth-order valence-corrected chi connectivity index (χ4v) is 11.8. The highest BCUT2D eigenvalue weighted by Gasteiger charge is 2.32. The minimum absolute atomic E-state index is 0.0315. The molecule has 0 aliphatic heterocycles. The fourth-order valence-electron chi connectivity index (χ4n) is 8.62. The Bertz CT molecular complexity index is 4760. The molecule has 11 aromatic rings. The topological polar surface area (TPSA) is 324 Å². The Morgan fingerprint density at radius 2 is 1.01 bits per heavy atom. The Morgan fingerprint density at radius 1 is 0.443 bits per heavy atom. The lowest BCUT2D eigenvalue weighted by atomic mass is 10.1. The molecule has 70 heavy (non-hydrogen) atoms. The van der Waals surface area contributed by atoms with Crippen LogP contribution in [0.1, 0.15) is 22.3 Å². The molecule has 0 unspecified atom stereocenters. The van der Waals surface area contributed by atoms with Gasteiger partial charge >= 0.3 is 0 Å². The SMILES string of the molecule is Cc1cc(-n2n3c4ccc5cc(S(=O)(=O)O)ccc5c4n23)c(C)cc1N=Nc1ccc(C=Cc2ccc(-n3n4c5cc(S(=O)(=O)O)c6cc(S(=O)(=O)O)ccc6c5n34)cc2S(=O)(=O)O)c(S(=O)(=O)O)c1. The van der Waals surface area contributed by atoms with Crippen molar-refractivity contribution < 1.29 is 64.9 Å². The molecule has 358 valence electrons. The van der Waals surface area contributed by atoms with Crippen LogP contribution in [0.4, 0.5) is 11.4 Å². The number of hydrogen-bond donors (Lipinski definition) is 5. The highest BCUT2D eigenvalue weighted by Crippen LogP contribution is 2.40. The van der Waals surface area contributed by atoms with Gasteiger partial charge in [-0.1, -0.05) is 42.5 Å². The van der Waals surface area contributed by atoms with Gasteiger partial charge in [0.2, 0.25) is 0 Å². The fraction of sp³-hybridized carbons (Fsp3) is 0.0476. The predicted molar refractivity (Wildman–Crippen MR) is 251 cm³/mol. The van der Waals surface area contributed by atoms with E-state index in [1.54, 1.807) is 25.1 Å². The summed E-state index contributed by atoms with van der Waals surface area (Å²) >= 11 is 0. The molecule has 0 aliphatic rings. The Labute approximate surface area is 393 Å². The lowest BCUT2D eigenvalue weighted by molar-refractivity contribution is 0.480. The van der Waals surface area contributed by atoms with Crippen LogP contribution < -0.4 is 0 Å². The summed E-state index contributed by atoms with van der Waals surface area (Å²) in [6, 6.07) is 23.4. The number of fused-ring (bicyclic) bond motifs is 12. The largest absolute Gasteiger partial charge is 0.295 e. The summed E-state index contributed by atoms with van der Waals surface area (Å²) in [7, 11) is -24.0. The maximum atomic E-state index is 12.7. The first-order valence-electron chi connectivity index (χ1n) is 20.0. The molecule has 0 spiro atoms. The van der Waals surface area contributed by atoms with Crippen LogP contribution in [0.3, 0.4) is 0 Å². The van der Waals surface area contributed by atoms with Crippen LogP contribution in [0.2, 0.25) is 0 Å². The number of nitrogens with zero attached hydrogens (tertiary/aromatic N) is 8. The Balaban J connectivity index is 0.885. The van der Waals surface area contributed by atoms with E-state index in [4.69, 9.17) is 0 Å². The minimum Gasteiger partial charge on any atom is -0.282 e. The molecule has 23 nitrogen and oxygen atoms in total. The molecule has 0 fully saturated rings. The van der Waals surface area contributed by atoms with Gasteiger partial charge in [0.1, 0.15) is 36.8 Å². The summed E-state index contributed by atoms with van der Waals surface area (Å²) in [4.78, 5) is 0.531. The standard InChI is InChI=1S/C42H30N8O15S5/c1-22-16-36(47-46-35-14-7-26-17-29(66(51,52)53)10-12-31(26)41(35)50(46)47)23(2)15-34(22)44-43-27-8-5-24(38(18-27)68(57,58)59)3-4-25-6-9-28(19-39(25)69(60,61)62)45-48-37-21-40(70(63,64)65)33-20-30(67(54,55)56)11-13-32(33)42(37)49(45)48/h3-21H,1-2H3,(H,51,52,53)(H,54,55,56)(H,57,58,59)(H,60,61,62)(H,63,64,65). The molecule has 0 amide bonds. The third-order valence-electron chi connectivity index (χ3n) is 11.9. The van der Waals surface area contributed by atoms with Gasteiger partial charge in [-0.05, 0) is 114 Å². The van der Waals surface area contributed by atoms with Crippen molar-refractivity contribution in [2.45, 2.75) is 38.3 Å². The van der Waals surface area contributed by atoms with E-state index in [2.05, 4.69) is 10.2 Å². The molecule has 0 atom stereocenters. The van der Waals surface area contributed by atoms with E-state index in [0.717, 1.165) is 58.0 Å². The first-order chi connectivity index (χ1) is 32.7. The number of azo groups is 1. The third kappa shape index (κ3) is 7.18. The Kier molecular flexibility index (Phi) is 9.46. The van der Waals surface area contributed by atoms with Crippen molar-refractivity contribution in [1.29, 1.82) is 0 Å². The first-order valence-corrected chi connectivity index (χ1v) is 27.2. The van der Waals surface area contributed by atoms with Gasteiger partial charge in [-0.3, -0.25) is 22.8 Å². The van der Waals surface area contributed by atoms with E-state index in [0.29, 0.717) is 22.2 Å². The molecular formula is C42H30N8O15S5. The van der Waals surface area contributed by atoms with Gasteiger partial charge in [0.25, 0.3) is 50.6 Å². The third-order valence-corrected chi connectivity index (χ3v) is 16.3. The highest BCUT2D eigenvalue weighted by atomic mass is 32.2. The first kappa shape index (κ1) is 45.2. The van der Waals surface area contributed by atoms with Crippen LogP contribution in [0.25, 0.3) is 67.1 Å². The molecule has 7 aromatic carbocycles. The lowest BCUT2D eigenvalue weighted by Gasteiger charge is -2.09. The molecule has 28 heteroatoms. The van der Waals surface area contributed by atoms with Crippen molar-refractivity contribution in [2.75, 3.05) is 0 Å². The van der Waals surface area contributed by atoms with E-state index in [1.807, 2.05) is 33.1 Å². The van der Waals surface area contributed by atoms with Crippen molar-refractivity contribution in [1.82, 2.24) is 28.1 Å². The van der Waals surface area contributed by atoms with Gasteiger partial charge in [0, 0.05) is 16.2 Å². The average molecular weight is 1050 g/mol. The number of hydrogen-bond acceptors (Lipinski definition) is 12. The van der Waals surface area contributed by atoms with Crippen molar-refractivity contribution in [3.05, 3.63) is 125 Å². The lowest BCUT2D eigenvalue weighted by Crippen LogP contribution is -2.04. The van der Waals surface area contributed by atoms with Gasteiger partial charge in [-0.15, -0.1) is 18.5 Å². The molecular weight excluding hydrogens is 1020 g/mol. The van der Waals surface area contributed by atoms with Crippen LogP contribution in [0.5, 0.6) is 0 Å². The molecule has 5 N–H and O–H groups in total. The highest BCUT2D eigenvalue weighted by molar-refractivity contribution is 7.87. The van der Waals surface area contributed by atoms with E-state index in [1.165, 1.54) is 68.7 Å². The molecule has 0 saturated carbocycles. The number of benzene rings is 7. The maximum Gasteiger partial charge on any atom is 0.295 e. The predicted octanol–water partition coefficient (Wildman–Crippen LogP) is 6.90. The maximum absolute atomic E-state index is 12.7. The Hall–Kier alpha value is -7.25. The zero-order valence-electron chi connectivity index (χ0n) is 35.4.